The maximum atomic E-state index is 12.5. The van der Waals surface area contributed by atoms with Crippen LogP contribution < -0.4 is 10.2 Å². The lowest BCUT2D eigenvalue weighted by Crippen LogP contribution is -2.41. The van der Waals surface area contributed by atoms with Crippen molar-refractivity contribution in [3.63, 3.8) is 0 Å². The second kappa shape index (κ2) is 8.46. The summed E-state index contributed by atoms with van der Waals surface area (Å²) in [7, 11) is 0. The summed E-state index contributed by atoms with van der Waals surface area (Å²) < 4.78 is 5.14. The van der Waals surface area contributed by atoms with E-state index in [1.807, 2.05) is 6.92 Å². The molecule has 0 radical (unpaired) electrons. The Hall–Kier alpha value is -3.27. The monoisotopic (exact) mass is 427 g/mol. The highest BCUT2D eigenvalue weighted by Crippen LogP contribution is 2.30. The SMILES string of the molecule is CCc1noc([C@]2(O)CCN(C(=O)CNC(=O)c3ccc(N4CCCC4=O)cc3)C2)n1. The molecule has 0 saturated carbocycles. The summed E-state index contributed by atoms with van der Waals surface area (Å²) in [6.45, 7) is 2.74. The van der Waals surface area contributed by atoms with Crippen LogP contribution in [0.25, 0.3) is 0 Å². The third-order valence-corrected chi connectivity index (χ3v) is 5.70. The van der Waals surface area contributed by atoms with Gasteiger partial charge in [-0.3, -0.25) is 14.4 Å². The van der Waals surface area contributed by atoms with E-state index < -0.39 is 5.60 Å². The van der Waals surface area contributed by atoms with Gasteiger partial charge in [0, 0.05) is 43.6 Å². The van der Waals surface area contributed by atoms with Crippen LogP contribution in [0.3, 0.4) is 0 Å². The highest BCUT2D eigenvalue weighted by Gasteiger charge is 2.44. The molecule has 1 aromatic carbocycles. The lowest BCUT2D eigenvalue weighted by molar-refractivity contribution is -0.130. The first-order valence-corrected chi connectivity index (χ1v) is 10.4. The molecule has 2 fully saturated rings. The number of aromatic nitrogens is 2. The first-order chi connectivity index (χ1) is 14.9. The van der Waals surface area contributed by atoms with Gasteiger partial charge in [0.1, 0.15) is 0 Å². The third kappa shape index (κ3) is 4.29. The number of nitrogens with one attached hydrogen (secondary N) is 1. The van der Waals surface area contributed by atoms with Gasteiger partial charge < -0.3 is 24.7 Å². The fraction of sp³-hybridized carbons (Fsp3) is 0.476. The van der Waals surface area contributed by atoms with Gasteiger partial charge in [0.2, 0.25) is 11.8 Å². The molecule has 0 unspecified atom stereocenters. The van der Waals surface area contributed by atoms with Crippen LogP contribution in [0.1, 0.15) is 48.3 Å². The zero-order valence-electron chi connectivity index (χ0n) is 17.3. The maximum Gasteiger partial charge on any atom is 0.260 e. The number of rotatable bonds is 6. The molecule has 10 heteroatoms. The van der Waals surface area contributed by atoms with Crippen LogP contribution in [0.2, 0.25) is 0 Å². The molecular weight excluding hydrogens is 402 g/mol. The van der Waals surface area contributed by atoms with E-state index in [0.717, 1.165) is 12.1 Å². The number of nitrogens with zero attached hydrogens (tertiary/aromatic N) is 4. The second-order valence-electron chi connectivity index (χ2n) is 7.84. The molecule has 2 saturated heterocycles. The number of aliphatic hydroxyl groups is 1. The van der Waals surface area contributed by atoms with Gasteiger partial charge in [-0.2, -0.15) is 4.98 Å². The van der Waals surface area contributed by atoms with Crippen LogP contribution in [-0.2, 0) is 21.6 Å². The van der Waals surface area contributed by atoms with E-state index in [9.17, 15) is 19.5 Å². The Kier molecular flexibility index (Phi) is 5.73. The van der Waals surface area contributed by atoms with Crippen LogP contribution in [0, 0.1) is 0 Å². The van der Waals surface area contributed by atoms with Gasteiger partial charge in [-0.05, 0) is 30.7 Å². The average molecular weight is 427 g/mol. The smallest absolute Gasteiger partial charge is 0.260 e. The number of aryl methyl sites for hydroxylation is 1. The summed E-state index contributed by atoms with van der Waals surface area (Å²) in [6, 6.07) is 6.73. The molecule has 0 bridgehead atoms. The topological polar surface area (TPSA) is 129 Å². The number of amides is 3. The summed E-state index contributed by atoms with van der Waals surface area (Å²) in [6.07, 6.45) is 2.25. The maximum absolute atomic E-state index is 12.5. The van der Waals surface area contributed by atoms with E-state index in [1.54, 1.807) is 29.2 Å². The summed E-state index contributed by atoms with van der Waals surface area (Å²) in [5.41, 5.74) is -0.207. The molecule has 2 aromatic rings. The third-order valence-electron chi connectivity index (χ3n) is 5.70. The van der Waals surface area contributed by atoms with Crippen molar-refractivity contribution in [2.45, 2.75) is 38.2 Å². The number of carbonyl (C=O) groups excluding carboxylic acids is 3. The average Bonchev–Trinajstić information content (AvgIpc) is 3.52. The van der Waals surface area contributed by atoms with Crippen molar-refractivity contribution >= 4 is 23.4 Å². The molecule has 0 aliphatic carbocycles. The van der Waals surface area contributed by atoms with Gasteiger partial charge in [-0.15, -0.1) is 0 Å². The summed E-state index contributed by atoms with van der Waals surface area (Å²) >= 11 is 0. The number of carbonyl (C=O) groups is 3. The van der Waals surface area contributed by atoms with Crippen molar-refractivity contribution in [1.29, 1.82) is 0 Å². The van der Waals surface area contributed by atoms with Crippen molar-refractivity contribution in [3.05, 3.63) is 41.5 Å². The van der Waals surface area contributed by atoms with Crippen molar-refractivity contribution in [1.82, 2.24) is 20.4 Å². The van der Waals surface area contributed by atoms with E-state index >= 15 is 0 Å². The molecule has 10 nitrogen and oxygen atoms in total. The zero-order chi connectivity index (χ0) is 22.0. The molecule has 3 amide bonds. The van der Waals surface area contributed by atoms with Crippen molar-refractivity contribution < 1.29 is 24.0 Å². The van der Waals surface area contributed by atoms with Crippen LogP contribution >= 0.6 is 0 Å². The second-order valence-corrected chi connectivity index (χ2v) is 7.84. The molecule has 31 heavy (non-hydrogen) atoms. The standard InChI is InChI=1S/C21H25N5O5/c1-2-16-23-20(31-24-16)21(30)9-11-25(13-21)18(28)12-22-19(29)14-5-7-15(8-6-14)26-10-3-4-17(26)27/h5-8,30H,2-4,9-13H2,1H3,(H,22,29)/t21-/m0/s1. The number of β-amino-alcohol motifs (C(OH)–C–C–N with tert-alkyl or cyclic N) is 1. The lowest BCUT2D eigenvalue weighted by Gasteiger charge is -2.20. The predicted molar refractivity (Wildman–Crippen MR) is 109 cm³/mol. The molecule has 0 spiro atoms. The van der Waals surface area contributed by atoms with E-state index in [0.29, 0.717) is 37.3 Å². The molecule has 2 aliphatic heterocycles. The predicted octanol–water partition coefficient (Wildman–Crippen LogP) is 0.609. The quantitative estimate of drug-likeness (QED) is 0.691. The molecule has 1 aromatic heterocycles. The number of benzene rings is 1. The first-order valence-electron chi connectivity index (χ1n) is 10.4. The molecule has 4 rings (SSSR count). The largest absolute Gasteiger partial charge is 0.378 e. The lowest BCUT2D eigenvalue weighted by atomic mass is 10.0. The van der Waals surface area contributed by atoms with Crippen LogP contribution in [0.5, 0.6) is 0 Å². The first kappa shape index (κ1) is 21.0. The molecule has 3 heterocycles. The molecule has 164 valence electrons. The fourth-order valence-electron chi connectivity index (χ4n) is 3.85. The Morgan fingerprint density at radius 1 is 1.26 bits per heavy atom. The normalized spacial score (nSPS) is 21.0. The van der Waals surface area contributed by atoms with E-state index in [4.69, 9.17) is 4.52 Å². The van der Waals surface area contributed by atoms with E-state index in [2.05, 4.69) is 15.5 Å². The molecular formula is C21H25N5O5. The number of hydrogen-bond acceptors (Lipinski definition) is 7. The summed E-state index contributed by atoms with van der Waals surface area (Å²) in [5.74, 6) is 0.00560. The van der Waals surface area contributed by atoms with Gasteiger partial charge in [-0.25, -0.2) is 0 Å². The fourth-order valence-corrected chi connectivity index (χ4v) is 3.85. The number of hydrogen-bond donors (Lipinski definition) is 2. The van der Waals surface area contributed by atoms with Crippen LogP contribution in [-0.4, -0.2) is 64.0 Å². The van der Waals surface area contributed by atoms with E-state index in [1.165, 1.54) is 4.90 Å². The molecule has 2 aliphatic rings. The Labute approximate surface area is 179 Å². The van der Waals surface area contributed by atoms with Crippen LogP contribution in [0.15, 0.2) is 28.8 Å². The van der Waals surface area contributed by atoms with Crippen molar-refractivity contribution in [3.8, 4) is 0 Å². The van der Waals surface area contributed by atoms with Gasteiger partial charge in [0.05, 0.1) is 13.1 Å². The zero-order valence-corrected chi connectivity index (χ0v) is 17.3. The summed E-state index contributed by atoms with van der Waals surface area (Å²) in [4.78, 5) is 44.1. The molecule has 1 atom stereocenters. The number of likely N-dealkylation sites (tertiary alicyclic amines) is 1. The number of anilines is 1. The highest BCUT2D eigenvalue weighted by atomic mass is 16.5. The Balaban J connectivity index is 1.30. The minimum Gasteiger partial charge on any atom is -0.378 e. The molecule has 2 N–H and O–H groups in total. The van der Waals surface area contributed by atoms with Gasteiger partial charge in [0.15, 0.2) is 11.4 Å². The Bertz CT molecular complexity index is 988. The summed E-state index contributed by atoms with van der Waals surface area (Å²) in [5, 5.41) is 17.2. The van der Waals surface area contributed by atoms with E-state index in [-0.39, 0.29) is 43.1 Å². The van der Waals surface area contributed by atoms with Gasteiger partial charge in [0.25, 0.3) is 11.8 Å². The minimum atomic E-state index is -1.37. The van der Waals surface area contributed by atoms with Crippen LogP contribution in [0.4, 0.5) is 5.69 Å². The Morgan fingerprint density at radius 3 is 2.68 bits per heavy atom. The van der Waals surface area contributed by atoms with Gasteiger partial charge in [-0.1, -0.05) is 12.1 Å². The van der Waals surface area contributed by atoms with Crippen molar-refractivity contribution in [2.75, 3.05) is 31.1 Å². The Morgan fingerprint density at radius 2 is 2.03 bits per heavy atom. The minimum absolute atomic E-state index is 0.0333. The van der Waals surface area contributed by atoms with Crippen molar-refractivity contribution in [2.24, 2.45) is 0 Å². The highest BCUT2D eigenvalue weighted by molar-refractivity contribution is 5.98. The van der Waals surface area contributed by atoms with Gasteiger partial charge >= 0.3 is 0 Å².